The second kappa shape index (κ2) is 8.35. The molecular formula is C13H22BrN3O2. The molecule has 0 atom stereocenters. The highest BCUT2D eigenvalue weighted by Crippen LogP contribution is 2.30. The molecule has 0 unspecified atom stereocenters. The molecule has 0 amide bonds. The van der Waals surface area contributed by atoms with E-state index in [4.69, 9.17) is 15.2 Å². The van der Waals surface area contributed by atoms with Crippen LogP contribution in [0.25, 0.3) is 0 Å². The van der Waals surface area contributed by atoms with E-state index in [9.17, 15) is 0 Å². The summed E-state index contributed by atoms with van der Waals surface area (Å²) in [7, 11) is 3.41. The molecule has 0 aliphatic heterocycles. The molecule has 5 nitrogen and oxygen atoms in total. The average Bonchev–Trinajstić information content (AvgIpc) is 2.41. The van der Waals surface area contributed by atoms with Crippen molar-refractivity contribution in [2.75, 3.05) is 51.2 Å². The molecule has 0 aromatic carbocycles. The summed E-state index contributed by atoms with van der Waals surface area (Å²) < 4.78 is 11.2. The fraction of sp³-hybridized carbons (Fsp3) is 0.615. The van der Waals surface area contributed by atoms with Crippen molar-refractivity contribution in [3.05, 3.63) is 16.2 Å². The zero-order valence-corrected chi connectivity index (χ0v) is 13.4. The highest BCUT2D eigenvalue weighted by molar-refractivity contribution is 9.10. The van der Waals surface area contributed by atoms with Gasteiger partial charge in [0.25, 0.3) is 0 Å². The van der Waals surface area contributed by atoms with Crippen molar-refractivity contribution in [3.63, 3.8) is 0 Å². The lowest BCUT2D eigenvalue weighted by Crippen LogP contribution is -2.30. The summed E-state index contributed by atoms with van der Waals surface area (Å²) in [6, 6.07) is 0. The number of pyridine rings is 1. The minimum absolute atomic E-state index is 0.657. The van der Waals surface area contributed by atoms with E-state index in [0.29, 0.717) is 12.3 Å². The minimum Gasteiger partial charge on any atom is -0.397 e. The van der Waals surface area contributed by atoms with Crippen molar-refractivity contribution in [1.29, 1.82) is 0 Å². The second-order valence-corrected chi connectivity index (χ2v) is 5.10. The minimum atomic E-state index is 0.657. The van der Waals surface area contributed by atoms with E-state index in [1.165, 1.54) is 0 Å². The summed E-state index contributed by atoms with van der Waals surface area (Å²) in [5, 5.41) is 0. The van der Waals surface area contributed by atoms with Gasteiger partial charge in [0, 0.05) is 33.9 Å². The van der Waals surface area contributed by atoms with Crippen molar-refractivity contribution >= 4 is 27.4 Å². The predicted octanol–water partition coefficient (Wildman–Crippen LogP) is 2.22. The Morgan fingerprint density at radius 1 is 1.26 bits per heavy atom. The number of hydrogen-bond donors (Lipinski definition) is 1. The van der Waals surface area contributed by atoms with Gasteiger partial charge in [0.2, 0.25) is 0 Å². The zero-order valence-electron chi connectivity index (χ0n) is 11.8. The number of rotatable bonds is 8. The van der Waals surface area contributed by atoms with E-state index in [1.807, 2.05) is 6.92 Å². The first-order valence-corrected chi connectivity index (χ1v) is 7.04. The van der Waals surface area contributed by atoms with Gasteiger partial charge < -0.3 is 20.1 Å². The van der Waals surface area contributed by atoms with Crippen molar-refractivity contribution < 1.29 is 9.47 Å². The van der Waals surface area contributed by atoms with Crippen molar-refractivity contribution in [1.82, 2.24) is 4.98 Å². The summed E-state index contributed by atoms with van der Waals surface area (Å²) in [6.07, 6.45) is 2.64. The SMILES string of the molecule is COCCCN(CCOC)c1ncc(N)c(C)c1Br. The molecule has 6 heteroatoms. The molecule has 108 valence electrons. The Hall–Kier alpha value is -0.850. The molecule has 0 radical (unpaired) electrons. The Bertz CT molecular complexity index is 402. The van der Waals surface area contributed by atoms with Crippen molar-refractivity contribution in [2.45, 2.75) is 13.3 Å². The average molecular weight is 332 g/mol. The van der Waals surface area contributed by atoms with Crippen LogP contribution in [-0.2, 0) is 9.47 Å². The maximum atomic E-state index is 5.86. The molecular weight excluding hydrogens is 310 g/mol. The largest absolute Gasteiger partial charge is 0.397 e. The molecule has 0 bridgehead atoms. The van der Waals surface area contributed by atoms with Gasteiger partial charge in [-0.1, -0.05) is 0 Å². The van der Waals surface area contributed by atoms with Crippen LogP contribution in [0, 0.1) is 6.92 Å². The van der Waals surface area contributed by atoms with Crippen LogP contribution in [0.2, 0.25) is 0 Å². The first kappa shape index (κ1) is 16.2. The van der Waals surface area contributed by atoms with Gasteiger partial charge in [0.05, 0.1) is 23.0 Å². The summed E-state index contributed by atoms with van der Waals surface area (Å²) in [5.41, 5.74) is 7.56. The van der Waals surface area contributed by atoms with E-state index in [2.05, 4.69) is 25.8 Å². The molecule has 1 rings (SSSR count). The number of aromatic nitrogens is 1. The Balaban J connectivity index is 2.86. The number of anilines is 2. The molecule has 0 saturated heterocycles. The predicted molar refractivity (Wildman–Crippen MR) is 81.7 cm³/mol. The normalized spacial score (nSPS) is 10.7. The van der Waals surface area contributed by atoms with E-state index in [-0.39, 0.29) is 0 Å². The van der Waals surface area contributed by atoms with Gasteiger partial charge in [0.15, 0.2) is 0 Å². The fourth-order valence-electron chi connectivity index (χ4n) is 1.72. The number of hydrogen-bond acceptors (Lipinski definition) is 5. The number of nitrogens with two attached hydrogens (primary N) is 1. The Labute approximate surface area is 123 Å². The highest BCUT2D eigenvalue weighted by Gasteiger charge is 2.14. The number of nitrogens with zero attached hydrogens (tertiary/aromatic N) is 2. The van der Waals surface area contributed by atoms with Crippen LogP contribution in [-0.4, -0.2) is 45.5 Å². The second-order valence-electron chi connectivity index (χ2n) is 4.30. The summed E-state index contributed by atoms with van der Waals surface area (Å²) in [6.45, 7) is 5.02. The van der Waals surface area contributed by atoms with Gasteiger partial charge in [-0.05, 0) is 34.8 Å². The lowest BCUT2D eigenvalue weighted by molar-refractivity contribution is 0.191. The van der Waals surface area contributed by atoms with Crippen LogP contribution >= 0.6 is 15.9 Å². The molecule has 0 saturated carbocycles. The number of methoxy groups -OCH3 is 2. The molecule has 0 aliphatic carbocycles. The smallest absolute Gasteiger partial charge is 0.143 e. The van der Waals surface area contributed by atoms with Gasteiger partial charge in [0.1, 0.15) is 5.82 Å². The molecule has 1 aromatic rings. The number of halogens is 1. The zero-order chi connectivity index (χ0) is 14.3. The monoisotopic (exact) mass is 331 g/mol. The van der Waals surface area contributed by atoms with Crippen LogP contribution in [0.15, 0.2) is 10.7 Å². The quantitative estimate of drug-likeness (QED) is 0.740. The maximum absolute atomic E-state index is 5.86. The third kappa shape index (κ3) is 4.63. The fourth-order valence-corrected chi connectivity index (χ4v) is 2.31. The third-order valence-electron chi connectivity index (χ3n) is 2.93. The van der Waals surface area contributed by atoms with Crippen molar-refractivity contribution in [2.24, 2.45) is 0 Å². The Morgan fingerprint density at radius 3 is 2.58 bits per heavy atom. The first-order chi connectivity index (χ1) is 9.11. The van der Waals surface area contributed by atoms with E-state index in [0.717, 1.165) is 42.0 Å². The molecule has 1 heterocycles. The first-order valence-electron chi connectivity index (χ1n) is 6.25. The van der Waals surface area contributed by atoms with Gasteiger partial charge in [-0.2, -0.15) is 0 Å². The molecule has 2 N–H and O–H groups in total. The van der Waals surface area contributed by atoms with E-state index >= 15 is 0 Å². The van der Waals surface area contributed by atoms with Gasteiger partial charge in [-0.3, -0.25) is 0 Å². The number of nitrogen functional groups attached to an aromatic ring is 1. The molecule has 19 heavy (non-hydrogen) atoms. The standard InChI is InChI=1S/C13H22BrN3O2/c1-10-11(15)9-16-13(12(10)14)17(6-8-19-3)5-4-7-18-2/h9H,4-8,15H2,1-3H3. The van der Waals surface area contributed by atoms with Crippen LogP contribution in [0.1, 0.15) is 12.0 Å². The van der Waals surface area contributed by atoms with Crippen LogP contribution in [0.3, 0.4) is 0 Å². The molecule has 1 aromatic heterocycles. The van der Waals surface area contributed by atoms with E-state index < -0.39 is 0 Å². The summed E-state index contributed by atoms with van der Waals surface area (Å²) >= 11 is 3.58. The molecule has 0 spiro atoms. The van der Waals surface area contributed by atoms with Crippen LogP contribution in [0.5, 0.6) is 0 Å². The molecule has 0 aliphatic rings. The van der Waals surface area contributed by atoms with Crippen LogP contribution < -0.4 is 10.6 Å². The Morgan fingerprint density at radius 2 is 1.95 bits per heavy atom. The summed E-state index contributed by atoms with van der Waals surface area (Å²) in [4.78, 5) is 6.61. The summed E-state index contributed by atoms with van der Waals surface area (Å²) in [5.74, 6) is 0.903. The third-order valence-corrected chi connectivity index (χ3v) is 3.88. The lowest BCUT2D eigenvalue weighted by Gasteiger charge is -2.25. The topological polar surface area (TPSA) is 60.6 Å². The Kier molecular flexibility index (Phi) is 7.12. The van der Waals surface area contributed by atoms with Crippen LogP contribution in [0.4, 0.5) is 11.5 Å². The molecule has 0 fully saturated rings. The number of ether oxygens (including phenoxy) is 2. The van der Waals surface area contributed by atoms with E-state index in [1.54, 1.807) is 20.4 Å². The van der Waals surface area contributed by atoms with Gasteiger partial charge in [-0.15, -0.1) is 0 Å². The maximum Gasteiger partial charge on any atom is 0.143 e. The van der Waals surface area contributed by atoms with Gasteiger partial charge in [-0.25, -0.2) is 4.98 Å². The van der Waals surface area contributed by atoms with Gasteiger partial charge >= 0.3 is 0 Å². The highest BCUT2D eigenvalue weighted by atomic mass is 79.9. The lowest BCUT2D eigenvalue weighted by atomic mass is 10.2. The van der Waals surface area contributed by atoms with Crippen molar-refractivity contribution in [3.8, 4) is 0 Å².